The number of carbonyl (C=O) groups is 2. The molecule has 0 aliphatic heterocycles. The molecule has 2 aromatic heterocycles. The standard InChI is InChI=1S/C14H13NO4S/c1-9(11-3-2-7-19-11)15-14(18)13-10(6-8-20-13)4-5-12(16)17/h2-9H,1H3,(H,15,18)(H,16,17). The fourth-order valence-electron chi connectivity index (χ4n) is 1.67. The molecular formula is C14H13NO4S. The third kappa shape index (κ3) is 3.36. The number of thiophene rings is 1. The Balaban J connectivity index is 2.10. The van der Waals surface area contributed by atoms with Crippen molar-refractivity contribution in [2.45, 2.75) is 13.0 Å². The molecule has 0 fully saturated rings. The molecule has 20 heavy (non-hydrogen) atoms. The molecule has 2 rings (SSSR count). The number of carboxylic acid groups (broad SMARTS) is 1. The molecule has 1 atom stereocenters. The van der Waals surface area contributed by atoms with Crippen LogP contribution in [-0.2, 0) is 4.79 Å². The molecule has 2 aromatic rings. The first-order chi connectivity index (χ1) is 9.58. The average Bonchev–Trinajstić information content (AvgIpc) is 3.07. The summed E-state index contributed by atoms with van der Waals surface area (Å²) in [5.74, 6) is -0.641. The monoisotopic (exact) mass is 291 g/mol. The SMILES string of the molecule is CC(NC(=O)c1sccc1C=CC(=O)O)c1ccco1. The molecule has 6 heteroatoms. The first kappa shape index (κ1) is 14.1. The van der Waals surface area contributed by atoms with Gasteiger partial charge in [-0.05, 0) is 42.1 Å². The predicted molar refractivity (Wildman–Crippen MR) is 75.6 cm³/mol. The van der Waals surface area contributed by atoms with Gasteiger partial charge in [0.05, 0.1) is 17.2 Å². The van der Waals surface area contributed by atoms with Crippen molar-refractivity contribution in [3.8, 4) is 0 Å². The van der Waals surface area contributed by atoms with E-state index in [9.17, 15) is 9.59 Å². The highest BCUT2D eigenvalue weighted by Crippen LogP contribution is 2.20. The summed E-state index contributed by atoms with van der Waals surface area (Å²) < 4.78 is 5.22. The molecule has 0 spiro atoms. The van der Waals surface area contributed by atoms with Crippen LogP contribution in [0.1, 0.15) is 34.0 Å². The zero-order valence-electron chi connectivity index (χ0n) is 10.7. The first-order valence-electron chi connectivity index (χ1n) is 5.90. The molecule has 0 aromatic carbocycles. The Hall–Kier alpha value is -2.34. The van der Waals surface area contributed by atoms with Gasteiger partial charge >= 0.3 is 5.97 Å². The molecule has 0 bridgehead atoms. The number of carboxylic acids is 1. The summed E-state index contributed by atoms with van der Waals surface area (Å²) in [5, 5.41) is 13.2. The Kier molecular flexibility index (Phi) is 4.37. The van der Waals surface area contributed by atoms with Gasteiger partial charge in [-0.1, -0.05) is 0 Å². The fraction of sp³-hybridized carbons (Fsp3) is 0.143. The van der Waals surface area contributed by atoms with Crippen LogP contribution in [0.3, 0.4) is 0 Å². The Morgan fingerprint density at radius 2 is 2.25 bits per heavy atom. The van der Waals surface area contributed by atoms with Gasteiger partial charge < -0.3 is 14.8 Å². The lowest BCUT2D eigenvalue weighted by atomic mass is 10.2. The molecule has 0 saturated heterocycles. The molecule has 1 unspecified atom stereocenters. The Morgan fingerprint density at radius 1 is 1.45 bits per heavy atom. The highest BCUT2D eigenvalue weighted by molar-refractivity contribution is 7.12. The van der Waals surface area contributed by atoms with Crippen molar-refractivity contribution in [2.75, 3.05) is 0 Å². The predicted octanol–water partition coefficient (Wildman–Crippen LogP) is 2.93. The normalized spacial score (nSPS) is 12.4. The number of furan rings is 1. The molecule has 1 amide bonds. The van der Waals surface area contributed by atoms with Gasteiger partial charge in [-0.25, -0.2) is 4.79 Å². The van der Waals surface area contributed by atoms with Gasteiger partial charge in [-0.2, -0.15) is 0 Å². The maximum absolute atomic E-state index is 12.2. The van der Waals surface area contributed by atoms with Crippen LogP contribution in [0.4, 0.5) is 0 Å². The maximum atomic E-state index is 12.2. The zero-order chi connectivity index (χ0) is 14.5. The quantitative estimate of drug-likeness (QED) is 0.830. The number of hydrogen-bond acceptors (Lipinski definition) is 4. The average molecular weight is 291 g/mol. The van der Waals surface area contributed by atoms with E-state index in [1.165, 1.54) is 17.4 Å². The molecule has 5 nitrogen and oxygen atoms in total. The Morgan fingerprint density at radius 3 is 2.90 bits per heavy atom. The van der Waals surface area contributed by atoms with Crippen molar-refractivity contribution >= 4 is 29.3 Å². The Bertz CT molecular complexity index is 627. The largest absolute Gasteiger partial charge is 0.478 e. The highest BCUT2D eigenvalue weighted by Gasteiger charge is 2.16. The van der Waals surface area contributed by atoms with Gasteiger partial charge in [0.2, 0.25) is 0 Å². The van der Waals surface area contributed by atoms with E-state index in [0.717, 1.165) is 6.08 Å². The first-order valence-corrected chi connectivity index (χ1v) is 6.78. The van der Waals surface area contributed by atoms with E-state index < -0.39 is 5.97 Å². The Labute approximate surface area is 119 Å². The zero-order valence-corrected chi connectivity index (χ0v) is 11.5. The van der Waals surface area contributed by atoms with E-state index >= 15 is 0 Å². The fourth-order valence-corrected chi connectivity index (χ4v) is 2.46. The van der Waals surface area contributed by atoms with Gasteiger partial charge in [-0.3, -0.25) is 4.79 Å². The number of carbonyl (C=O) groups excluding carboxylic acids is 1. The molecule has 2 N–H and O–H groups in total. The molecule has 104 valence electrons. The number of hydrogen-bond donors (Lipinski definition) is 2. The van der Waals surface area contributed by atoms with Crippen LogP contribution >= 0.6 is 11.3 Å². The number of rotatable bonds is 5. The third-order valence-electron chi connectivity index (χ3n) is 2.62. The van der Waals surface area contributed by atoms with E-state index in [2.05, 4.69) is 5.32 Å². The van der Waals surface area contributed by atoms with Crippen LogP contribution in [0, 0.1) is 0 Å². The molecule has 0 aliphatic rings. The summed E-state index contributed by atoms with van der Waals surface area (Å²) in [6, 6.07) is 4.99. The highest BCUT2D eigenvalue weighted by atomic mass is 32.1. The number of amides is 1. The van der Waals surface area contributed by atoms with E-state index in [4.69, 9.17) is 9.52 Å². The van der Waals surface area contributed by atoms with Gasteiger partial charge in [-0.15, -0.1) is 11.3 Å². The smallest absolute Gasteiger partial charge is 0.328 e. The van der Waals surface area contributed by atoms with Gasteiger partial charge in [0.1, 0.15) is 5.76 Å². The number of nitrogens with one attached hydrogen (secondary N) is 1. The lowest BCUT2D eigenvalue weighted by molar-refractivity contribution is -0.131. The summed E-state index contributed by atoms with van der Waals surface area (Å²) in [7, 11) is 0. The van der Waals surface area contributed by atoms with Gasteiger partial charge in [0.15, 0.2) is 0 Å². The van der Waals surface area contributed by atoms with Crippen LogP contribution in [0.5, 0.6) is 0 Å². The summed E-state index contributed by atoms with van der Waals surface area (Å²) in [6.07, 6.45) is 3.96. The van der Waals surface area contributed by atoms with Crippen LogP contribution in [0.2, 0.25) is 0 Å². The van der Waals surface area contributed by atoms with Gasteiger partial charge in [0, 0.05) is 6.08 Å². The minimum atomic E-state index is -1.05. The third-order valence-corrected chi connectivity index (χ3v) is 3.55. The lowest BCUT2D eigenvalue weighted by Crippen LogP contribution is -2.26. The van der Waals surface area contributed by atoms with Crippen LogP contribution < -0.4 is 5.32 Å². The topological polar surface area (TPSA) is 79.5 Å². The van der Waals surface area contributed by atoms with E-state index in [1.54, 1.807) is 29.8 Å². The number of aliphatic carboxylic acids is 1. The van der Waals surface area contributed by atoms with Crippen molar-refractivity contribution in [3.63, 3.8) is 0 Å². The van der Waals surface area contributed by atoms with Crippen LogP contribution in [-0.4, -0.2) is 17.0 Å². The van der Waals surface area contributed by atoms with E-state index in [0.29, 0.717) is 16.2 Å². The second kappa shape index (κ2) is 6.21. The van der Waals surface area contributed by atoms with Crippen LogP contribution in [0.15, 0.2) is 40.3 Å². The summed E-state index contributed by atoms with van der Waals surface area (Å²) in [6.45, 7) is 1.82. The second-order valence-corrected chi connectivity index (χ2v) is 5.00. The summed E-state index contributed by atoms with van der Waals surface area (Å²) >= 11 is 1.26. The lowest BCUT2D eigenvalue weighted by Gasteiger charge is -2.10. The van der Waals surface area contributed by atoms with Crippen molar-refractivity contribution in [2.24, 2.45) is 0 Å². The molecule has 0 radical (unpaired) electrons. The molecule has 2 heterocycles. The summed E-state index contributed by atoms with van der Waals surface area (Å²) in [5.41, 5.74) is 0.585. The summed E-state index contributed by atoms with van der Waals surface area (Å²) in [4.78, 5) is 23.1. The minimum Gasteiger partial charge on any atom is -0.478 e. The van der Waals surface area contributed by atoms with Crippen molar-refractivity contribution in [3.05, 3.63) is 52.1 Å². The molecule has 0 saturated carbocycles. The van der Waals surface area contributed by atoms with Crippen molar-refractivity contribution in [1.29, 1.82) is 0 Å². The van der Waals surface area contributed by atoms with Crippen molar-refractivity contribution < 1.29 is 19.1 Å². The maximum Gasteiger partial charge on any atom is 0.328 e. The van der Waals surface area contributed by atoms with E-state index in [-0.39, 0.29) is 11.9 Å². The minimum absolute atomic E-state index is 0.254. The van der Waals surface area contributed by atoms with Crippen LogP contribution in [0.25, 0.3) is 6.08 Å². The molecular weight excluding hydrogens is 278 g/mol. The van der Waals surface area contributed by atoms with Gasteiger partial charge in [0.25, 0.3) is 5.91 Å². The van der Waals surface area contributed by atoms with E-state index in [1.807, 2.05) is 6.92 Å². The van der Waals surface area contributed by atoms with Crippen molar-refractivity contribution in [1.82, 2.24) is 5.32 Å². The second-order valence-electron chi connectivity index (χ2n) is 4.09. The molecule has 0 aliphatic carbocycles.